The van der Waals surface area contributed by atoms with Crippen LogP contribution in [0.15, 0.2) is 36.4 Å². The topological polar surface area (TPSA) is 108 Å². The number of likely N-dealkylation sites (tertiary alicyclic amines) is 1. The number of fused-ring (bicyclic) bond motifs is 1. The molecule has 2 aromatic rings. The zero-order chi connectivity index (χ0) is 25.4. The summed E-state index contributed by atoms with van der Waals surface area (Å²) in [6, 6.07) is 8.76. The second-order valence-corrected chi connectivity index (χ2v) is 9.41. The van der Waals surface area contributed by atoms with E-state index in [4.69, 9.17) is 4.74 Å². The van der Waals surface area contributed by atoms with Gasteiger partial charge in [-0.15, -0.1) is 0 Å². The Bertz CT molecular complexity index is 1240. The quantitative estimate of drug-likeness (QED) is 0.594. The normalized spacial score (nSPS) is 20.9. The zero-order valence-electron chi connectivity index (χ0n) is 19.9. The standard InChI is InChI=1S/C26H27FN4O5/c1-30-10-8-16(9-11-30)36-22-5-3-2-4-15(22)14-28-20-13-18-17(12-19(20)27)25(34)31(26(18)35)21-6-7-23(32)29-24(21)33/h2-5,12-13,16,21,28H,6-11,14H2,1H3,(H,29,32,33). The van der Waals surface area contributed by atoms with Crippen LogP contribution in [-0.4, -0.2) is 65.7 Å². The summed E-state index contributed by atoms with van der Waals surface area (Å²) in [4.78, 5) is 52.7. The number of hydrogen-bond donors (Lipinski definition) is 2. The van der Waals surface area contributed by atoms with Crippen LogP contribution in [-0.2, 0) is 16.1 Å². The van der Waals surface area contributed by atoms with Gasteiger partial charge < -0.3 is 15.0 Å². The number of carbonyl (C=O) groups is 4. The average Bonchev–Trinajstić information content (AvgIpc) is 3.09. The first-order valence-corrected chi connectivity index (χ1v) is 12.0. The monoisotopic (exact) mass is 494 g/mol. The van der Waals surface area contributed by atoms with Crippen LogP contribution in [0, 0.1) is 5.82 Å². The highest BCUT2D eigenvalue weighted by atomic mass is 19.1. The Morgan fingerprint density at radius 2 is 1.72 bits per heavy atom. The summed E-state index contributed by atoms with van der Waals surface area (Å²) in [5.74, 6) is -2.55. The van der Waals surface area contributed by atoms with Crippen LogP contribution in [0.3, 0.4) is 0 Å². The first-order valence-electron chi connectivity index (χ1n) is 12.0. The van der Waals surface area contributed by atoms with Crippen molar-refractivity contribution >= 4 is 29.3 Å². The first-order chi connectivity index (χ1) is 17.3. The Morgan fingerprint density at radius 1 is 1.03 bits per heavy atom. The predicted molar refractivity (Wildman–Crippen MR) is 128 cm³/mol. The summed E-state index contributed by atoms with van der Waals surface area (Å²) < 4.78 is 21.2. The van der Waals surface area contributed by atoms with E-state index >= 15 is 0 Å². The van der Waals surface area contributed by atoms with E-state index in [1.165, 1.54) is 6.07 Å². The minimum Gasteiger partial charge on any atom is -0.490 e. The third-order valence-corrected chi connectivity index (χ3v) is 6.93. The molecule has 0 radical (unpaired) electrons. The fraction of sp³-hybridized carbons (Fsp3) is 0.385. The Balaban J connectivity index is 1.32. The van der Waals surface area contributed by atoms with Crippen molar-refractivity contribution in [2.45, 2.75) is 44.4 Å². The molecule has 0 spiro atoms. The number of hydrogen-bond acceptors (Lipinski definition) is 7. The largest absolute Gasteiger partial charge is 0.490 e. The molecule has 0 saturated carbocycles. The van der Waals surface area contributed by atoms with Gasteiger partial charge in [0.25, 0.3) is 11.8 Å². The minimum atomic E-state index is -1.10. The number of nitrogens with one attached hydrogen (secondary N) is 2. The molecule has 2 aromatic carbocycles. The molecule has 3 heterocycles. The second kappa shape index (κ2) is 9.69. The Morgan fingerprint density at radius 3 is 2.44 bits per heavy atom. The van der Waals surface area contributed by atoms with Gasteiger partial charge in [-0.3, -0.25) is 29.4 Å². The second-order valence-electron chi connectivity index (χ2n) is 9.41. The van der Waals surface area contributed by atoms with Gasteiger partial charge in [0.2, 0.25) is 11.8 Å². The molecular weight excluding hydrogens is 467 g/mol. The molecule has 5 rings (SSSR count). The van der Waals surface area contributed by atoms with Gasteiger partial charge in [0.05, 0.1) is 16.8 Å². The maximum absolute atomic E-state index is 15.0. The molecule has 2 N–H and O–H groups in total. The van der Waals surface area contributed by atoms with Gasteiger partial charge in [0.15, 0.2) is 0 Å². The van der Waals surface area contributed by atoms with Gasteiger partial charge >= 0.3 is 0 Å². The molecular formula is C26H27FN4O5. The number of ether oxygens (including phenoxy) is 1. The van der Waals surface area contributed by atoms with Crippen LogP contribution in [0.25, 0.3) is 0 Å². The molecule has 36 heavy (non-hydrogen) atoms. The van der Waals surface area contributed by atoms with E-state index in [-0.39, 0.29) is 42.3 Å². The highest BCUT2D eigenvalue weighted by Crippen LogP contribution is 2.32. The molecule has 0 aromatic heterocycles. The molecule has 0 bridgehead atoms. The Kier molecular flexibility index (Phi) is 6.44. The van der Waals surface area contributed by atoms with E-state index in [1.54, 1.807) is 0 Å². The first kappa shape index (κ1) is 23.9. The number of para-hydroxylation sites is 1. The number of carbonyl (C=O) groups excluding carboxylic acids is 4. The number of halogens is 1. The van der Waals surface area contributed by atoms with Crippen molar-refractivity contribution in [3.8, 4) is 5.75 Å². The molecule has 2 saturated heterocycles. The van der Waals surface area contributed by atoms with E-state index in [2.05, 4.69) is 22.6 Å². The lowest BCUT2D eigenvalue weighted by Crippen LogP contribution is -2.54. The number of anilines is 1. The van der Waals surface area contributed by atoms with Crippen LogP contribution < -0.4 is 15.4 Å². The van der Waals surface area contributed by atoms with Gasteiger partial charge in [0.1, 0.15) is 23.7 Å². The summed E-state index contributed by atoms with van der Waals surface area (Å²) in [5, 5.41) is 5.17. The van der Waals surface area contributed by atoms with Crippen LogP contribution in [0.2, 0.25) is 0 Å². The molecule has 0 aliphatic carbocycles. The maximum Gasteiger partial charge on any atom is 0.262 e. The molecule has 188 valence electrons. The van der Waals surface area contributed by atoms with E-state index in [0.717, 1.165) is 48.2 Å². The third kappa shape index (κ3) is 4.56. The fourth-order valence-electron chi connectivity index (χ4n) is 4.86. The molecule has 3 aliphatic rings. The predicted octanol–water partition coefficient (Wildman–Crippen LogP) is 2.31. The molecule has 1 atom stereocenters. The summed E-state index contributed by atoms with van der Waals surface area (Å²) >= 11 is 0. The molecule has 2 fully saturated rings. The minimum absolute atomic E-state index is 0.0179. The van der Waals surface area contributed by atoms with Gasteiger partial charge in [0, 0.05) is 31.6 Å². The maximum atomic E-state index is 15.0. The van der Waals surface area contributed by atoms with Crippen molar-refractivity contribution in [2.75, 3.05) is 25.5 Å². The van der Waals surface area contributed by atoms with Gasteiger partial charge in [-0.1, -0.05) is 18.2 Å². The number of rotatable bonds is 6. The Hall–Kier alpha value is -3.79. The lowest BCUT2D eigenvalue weighted by atomic mass is 10.0. The molecule has 3 aliphatic heterocycles. The third-order valence-electron chi connectivity index (χ3n) is 6.93. The van der Waals surface area contributed by atoms with Crippen molar-refractivity contribution in [1.82, 2.24) is 15.1 Å². The lowest BCUT2D eigenvalue weighted by molar-refractivity contribution is -0.136. The van der Waals surface area contributed by atoms with Crippen molar-refractivity contribution < 1.29 is 28.3 Å². The van der Waals surface area contributed by atoms with E-state index in [9.17, 15) is 23.6 Å². The summed E-state index contributed by atoms with van der Waals surface area (Å²) in [6.07, 6.45) is 2.03. The number of imide groups is 2. The van der Waals surface area contributed by atoms with Crippen LogP contribution in [0.1, 0.15) is 52.0 Å². The number of piperidine rings is 2. The van der Waals surface area contributed by atoms with Gasteiger partial charge in [-0.2, -0.15) is 0 Å². The molecule has 4 amide bonds. The molecule has 9 nitrogen and oxygen atoms in total. The smallest absolute Gasteiger partial charge is 0.262 e. The van der Waals surface area contributed by atoms with Gasteiger partial charge in [-0.25, -0.2) is 4.39 Å². The SMILES string of the molecule is CN1CCC(Oc2ccccc2CNc2cc3c(cc2F)C(=O)N(C2CCC(=O)NC2=O)C3=O)CC1. The van der Waals surface area contributed by atoms with Crippen molar-refractivity contribution in [3.05, 3.63) is 58.9 Å². The van der Waals surface area contributed by atoms with E-state index in [1.807, 2.05) is 24.3 Å². The Labute approximate surface area is 207 Å². The van der Waals surface area contributed by atoms with Crippen molar-refractivity contribution in [2.24, 2.45) is 0 Å². The van der Waals surface area contributed by atoms with Crippen LogP contribution in [0.5, 0.6) is 5.75 Å². The number of nitrogens with zero attached hydrogens (tertiary/aromatic N) is 2. The van der Waals surface area contributed by atoms with Crippen LogP contribution >= 0.6 is 0 Å². The van der Waals surface area contributed by atoms with E-state index in [0.29, 0.717) is 0 Å². The lowest BCUT2D eigenvalue weighted by Gasteiger charge is -2.30. The van der Waals surface area contributed by atoms with Crippen molar-refractivity contribution in [1.29, 1.82) is 0 Å². The number of amides is 4. The average molecular weight is 495 g/mol. The highest BCUT2D eigenvalue weighted by molar-refractivity contribution is 6.23. The summed E-state index contributed by atoms with van der Waals surface area (Å²) in [7, 11) is 2.08. The van der Waals surface area contributed by atoms with Crippen LogP contribution in [0.4, 0.5) is 10.1 Å². The summed E-state index contributed by atoms with van der Waals surface area (Å²) in [6.45, 7) is 2.18. The fourth-order valence-corrected chi connectivity index (χ4v) is 4.86. The van der Waals surface area contributed by atoms with Gasteiger partial charge in [-0.05, 0) is 44.5 Å². The number of benzene rings is 2. The molecule has 1 unspecified atom stereocenters. The summed E-state index contributed by atoms with van der Waals surface area (Å²) in [5.41, 5.74) is 0.821. The zero-order valence-corrected chi connectivity index (χ0v) is 19.9. The van der Waals surface area contributed by atoms with E-state index < -0.39 is 35.5 Å². The molecule has 10 heteroatoms. The van der Waals surface area contributed by atoms with Crippen molar-refractivity contribution in [3.63, 3.8) is 0 Å². The highest BCUT2D eigenvalue weighted by Gasteiger charge is 2.45.